The molecule has 0 saturated carbocycles. The van der Waals surface area contributed by atoms with Gasteiger partial charge in [-0.1, -0.05) is 12.1 Å². The van der Waals surface area contributed by atoms with Gasteiger partial charge in [0, 0.05) is 7.05 Å². The molecule has 3 rings (SSSR count). The number of hydrogen-bond acceptors (Lipinski definition) is 2. The molecule has 0 aliphatic carbocycles. The molecule has 0 aliphatic heterocycles. The molecule has 2 aromatic heterocycles. The summed E-state index contributed by atoms with van der Waals surface area (Å²) in [4.78, 5) is 4.73. The third kappa shape index (κ3) is 2.05. The summed E-state index contributed by atoms with van der Waals surface area (Å²) in [7, 11) is 1.95. The van der Waals surface area contributed by atoms with Gasteiger partial charge in [-0.25, -0.2) is 9.67 Å². The van der Waals surface area contributed by atoms with Gasteiger partial charge >= 0.3 is 0 Å². The van der Waals surface area contributed by atoms with Gasteiger partial charge in [-0.05, 0) is 44.9 Å². The van der Waals surface area contributed by atoms with Gasteiger partial charge in [0.2, 0.25) is 0 Å². The molecule has 1 aromatic carbocycles. The first kappa shape index (κ1) is 14.1. The number of benzene rings is 1. The van der Waals surface area contributed by atoms with Crippen molar-refractivity contribution in [1.82, 2.24) is 19.3 Å². The monoisotopic (exact) mass is 302 g/mol. The number of rotatable bonds is 2. The maximum atomic E-state index is 6.37. The molecule has 1 unspecified atom stereocenters. The van der Waals surface area contributed by atoms with Crippen molar-refractivity contribution < 1.29 is 0 Å². The van der Waals surface area contributed by atoms with Crippen molar-refractivity contribution in [3.05, 3.63) is 40.8 Å². The molecular formula is C16H19ClN4. The summed E-state index contributed by atoms with van der Waals surface area (Å²) in [5.74, 6) is 0.858. The number of nitrogens with zero attached hydrogens (tertiary/aromatic N) is 4. The highest BCUT2D eigenvalue weighted by Crippen LogP contribution is 2.31. The number of imidazole rings is 1. The predicted molar refractivity (Wildman–Crippen MR) is 86.3 cm³/mol. The number of alkyl halides is 1. The van der Waals surface area contributed by atoms with E-state index in [9.17, 15) is 0 Å². The van der Waals surface area contributed by atoms with E-state index < -0.39 is 0 Å². The average Bonchev–Trinajstić information content (AvgIpc) is 2.93. The van der Waals surface area contributed by atoms with Gasteiger partial charge in [0.05, 0.1) is 16.8 Å². The molecule has 3 aromatic rings. The third-order valence-electron chi connectivity index (χ3n) is 4.00. The normalized spacial score (nSPS) is 13.0. The number of hydrogen-bond donors (Lipinski definition) is 0. The van der Waals surface area contributed by atoms with Crippen molar-refractivity contribution in [1.29, 1.82) is 0 Å². The molecule has 0 saturated heterocycles. The Kier molecular flexibility index (Phi) is 3.29. The lowest BCUT2D eigenvalue weighted by Gasteiger charge is -2.15. The minimum Gasteiger partial charge on any atom is -0.279 e. The Balaban J connectivity index is 2.44. The Morgan fingerprint density at radius 1 is 1.19 bits per heavy atom. The predicted octanol–water partition coefficient (Wildman–Crippen LogP) is 3.98. The lowest BCUT2D eigenvalue weighted by Crippen LogP contribution is -2.08. The number of halogens is 1. The fourth-order valence-corrected chi connectivity index (χ4v) is 2.92. The highest BCUT2D eigenvalue weighted by atomic mass is 35.5. The van der Waals surface area contributed by atoms with E-state index in [-0.39, 0.29) is 5.38 Å². The minimum absolute atomic E-state index is 0.170. The molecule has 0 N–H and O–H groups in total. The first-order valence-electron chi connectivity index (χ1n) is 7.04. The second-order valence-electron chi connectivity index (χ2n) is 5.52. The van der Waals surface area contributed by atoms with Crippen LogP contribution < -0.4 is 0 Å². The standard InChI is InChI=1S/C16H19ClN4/c1-9-7-6-8-13(10(9)2)21-15(11(3)17)18-14-12(4)19-20(5)16(14)21/h6-8,11H,1-5H3. The van der Waals surface area contributed by atoms with Crippen molar-refractivity contribution in [3.8, 4) is 5.69 Å². The first-order valence-corrected chi connectivity index (χ1v) is 7.48. The van der Waals surface area contributed by atoms with Gasteiger partial charge < -0.3 is 0 Å². The Hall–Kier alpha value is -1.81. The second kappa shape index (κ2) is 4.88. The van der Waals surface area contributed by atoms with Crippen molar-refractivity contribution in [2.75, 3.05) is 0 Å². The van der Waals surface area contributed by atoms with Crippen molar-refractivity contribution in [2.45, 2.75) is 33.1 Å². The van der Waals surface area contributed by atoms with Crippen LogP contribution in [-0.2, 0) is 7.05 Å². The van der Waals surface area contributed by atoms with Gasteiger partial charge in [0.25, 0.3) is 0 Å². The summed E-state index contributed by atoms with van der Waals surface area (Å²) in [5, 5.41) is 4.31. The van der Waals surface area contributed by atoms with E-state index in [4.69, 9.17) is 16.6 Å². The van der Waals surface area contributed by atoms with Crippen LogP contribution in [0.3, 0.4) is 0 Å². The van der Waals surface area contributed by atoms with Crippen LogP contribution in [0.2, 0.25) is 0 Å². The number of fused-ring (bicyclic) bond motifs is 1. The van der Waals surface area contributed by atoms with Crippen LogP contribution in [0.4, 0.5) is 0 Å². The molecule has 1 atom stereocenters. The van der Waals surface area contributed by atoms with Crippen molar-refractivity contribution in [3.63, 3.8) is 0 Å². The summed E-state index contributed by atoms with van der Waals surface area (Å²) in [6.07, 6.45) is 0. The summed E-state index contributed by atoms with van der Waals surface area (Å²) in [6.45, 7) is 8.17. The fourth-order valence-electron chi connectivity index (χ4n) is 2.77. The quantitative estimate of drug-likeness (QED) is 0.671. The summed E-state index contributed by atoms with van der Waals surface area (Å²) < 4.78 is 4.01. The van der Waals surface area contributed by atoms with E-state index in [2.05, 4.69) is 41.7 Å². The van der Waals surface area contributed by atoms with Gasteiger partial charge in [-0.15, -0.1) is 11.6 Å². The Morgan fingerprint density at radius 2 is 1.90 bits per heavy atom. The van der Waals surface area contributed by atoms with E-state index in [1.807, 2.05) is 25.6 Å². The van der Waals surface area contributed by atoms with Crippen molar-refractivity contribution >= 4 is 22.8 Å². The molecule has 0 bridgehead atoms. The molecule has 0 amide bonds. The van der Waals surface area contributed by atoms with Gasteiger partial charge in [0.15, 0.2) is 5.65 Å². The molecular weight excluding hydrogens is 284 g/mol. The molecule has 0 radical (unpaired) electrons. The summed E-state index contributed by atoms with van der Waals surface area (Å²) >= 11 is 6.37. The Labute approximate surface area is 129 Å². The zero-order valence-corrected chi connectivity index (χ0v) is 13.7. The van der Waals surface area contributed by atoms with Crippen LogP contribution in [0, 0.1) is 20.8 Å². The molecule has 5 heteroatoms. The molecule has 4 nitrogen and oxygen atoms in total. The van der Waals surface area contributed by atoms with E-state index >= 15 is 0 Å². The van der Waals surface area contributed by atoms with E-state index in [0.717, 1.165) is 28.4 Å². The lowest BCUT2D eigenvalue weighted by atomic mass is 10.1. The van der Waals surface area contributed by atoms with Crippen molar-refractivity contribution in [2.24, 2.45) is 7.05 Å². The smallest absolute Gasteiger partial charge is 0.163 e. The highest BCUT2D eigenvalue weighted by Gasteiger charge is 2.22. The van der Waals surface area contributed by atoms with Gasteiger partial charge in [-0.2, -0.15) is 5.10 Å². The molecule has 0 spiro atoms. The second-order valence-corrected chi connectivity index (χ2v) is 6.18. The van der Waals surface area contributed by atoms with E-state index in [0.29, 0.717) is 0 Å². The Morgan fingerprint density at radius 3 is 2.57 bits per heavy atom. The molecule has 21 heavy (non-hydrogen) atoms. The molecule has 0 aliphatic rings. The lowest BCUT2D eigenvalue weighted by molar-refractivity contribution is 0.747. The van der Waals surface area contributed by atoms with Crippen LogP contribution in [0.25, 0.3) is 16.9 Å². The highest BCUT2D eigenvalue weighted by molar-refractivity contribution is 6.20. The van der Waals surface area contributed by atoms with E-state index in [1.54, 1.807) is 0 Å². The molecule has 0 fully saturated rings. The first-order chi connectivity index (χ1) is 9.91. The zero-order valence-electron chi connectivity index (χ0n) is 13.0. The summed E-state index contributed by atoms with van der Waals surface area (Å²) in [5.41, 5.74) is 6.43. The molecule has 2 heterocycles. The third-order valence-corrected chi connectivity index (χ3v) is 4.20. The maximum Gasteiger partial charge on any atom is 0.163 e. The topological polar surface area (TPSA) is 35.6 Å². The Bertz CT molecular complexity index is 827. The van der Waals surface area contributed by atoms with Gasteiger partial charge in [-0.3, -0.25) is 4.57 Å². The zero-order chi connectivity index (χ0) is 15.3. The van der Waals surface area contributed by atoms with Crippen LogP contribution >= 0.6 is 11.6 Å². The van der Waals surface area contributed by atoms with Gasteiger partial charge in [0.1, 0.15) is 11.3 Å². The van der Waals surface area contributed by atoms with Crippen LogP contribution in [0.1, 0.15) is 34.9 Å². The number of aromatic nitrogens is 4. The maximum absolute atomic E-state index is 6.37. The molecule has 110 valence electrons. The largest absolute Gasteiger partial charge is 0.279 e. The average molecular weight is 303 g/mol. The summed E-state index contributed by atoms with van der Waals surface area (Å²) in [6, 6.07) is 6.29. The van der Waals surface area contributed by atoms with Crippen LogP contribution in [-0.4, -0.2) is 19.3 Å². The minimum atomic E-state index is -0.170. The van der Waals surface area contributed by atoms with E-state index in [1.165, 1.54) is 11.1 Å². The SMILES string of the molecule is Cc1cccc(-n2c(C(C)Cl)nc3c(C)nn(C)c32)c1C. The van der Waals surface area contributed by atoms with Crippen LogP contribution in [0.15, 0.2) is 18.2 Å². The fraction of sp³-hybridized carbons (Fsp3) is 0.375. The number of aryl methyl sites for hydroxylation is 3. The van der Waals surface area contributed by atoms with Crippen LogP contribution in [0.5, 0.6) is 0 Å².